The molecule has 0 atom stereocenters. The maximum Gasteiger partial charge on any atom is 0.257 e. The Morgan fingerprint density at radius 1 is 1.11 bits per heavy atom. The highest BCUT2D eigenvalue weighted by atomic mass is 35.5. The Hall–Kier alpha value is -2.67. The summed E-state index contributed by atoms with van der Waals surface area (Å²) in [5.74, 6) is 0.741. The number of carbonyl (C=O) groups is 1. The van der Waals surface area contributed by atoms with Crippen LogP contribution in [0.4, 0.5) is 5.69 Å². The molecule has 5 nitrogen and oxygen atoms in total. The SMILES string of the molecule is Cc1ccc(C(=O)NC(=S)Nc2ccc(-c3ccc(CO)o3)c(Cl)c2)cc1C. The monoisotopic (exact) mass is 414 g/mol. The molecule has 1 amide bonds. The van der Waals surface area contributed by atoms with Crippen LogP contribution in [0, 0.1) is 13.8 Å². The number of nitrogens with one attached hydrogen (secondary N) is 2. The van der Waals surface area contributed by atoms with E-state index in [1.165, 1.54) is 0 Å². The number of aliphatic hydroxyl groups excluding tert-OH is 1. The molecule has 7 heteroatoms. The molecule has 0 aliphatic heterocycles. The number of anilines is 1. The Balaban J connectivity index is 1.67. The van der Waals surface area contributed by atoms with E-state index in [9.17, 15) is 4.79 Å². The number of benzene rings is 2. The van der Waals surface area contributed by atoms with Gasteiger partial charge in [-0.2, -0.15) is 0 Å². The molecule has 0 spiro atoms. The molecule has 2 aromatic carbocycles. The van der Waals surface area contributed by atoms with Crippen LogP contribution in [0.15, 0.2) is 52.9 Å². The summed E-state index contributed by atoms with van der Waals surface area (Å²) in [6, 6.07) is 14.2. The van der Waals surface area contributed by atoms with Crippen LogP contribution in [0.5, 0.6) is 0 Å². The Bertz CT molecular complexity index is 1050. The molecule has 3 rings (SSSR count). The summed E-state index contributed by atoms with van der Waals surface area (Å²) >= 11 is 11.6. The lowest BCUT2D eigenvalue weighted by atomic mass is 10.1. The fraction of sp³-hybridized carbons (Fsp3) is 0.143. The lowest BCUT2D eigenvalue weighted by Crippen LogP contribution is -2.34. The standard InChI is InChI=1S/C21H19ClN2O3S/c1-12-3-4-14(9-13(12)2)20(26)24-21(28)23-15-5-7-17(18(22)10-15)19-8-6-16(11-25)27-19/h3-10,25H,11H2,1-2H3,(H2,23,24,26,28). The van der Waals surface area contributed by atoms with Crippen LogP contribution in [-0.2, 0) is 6.61 Å². The third kappa shape index (κ3) is 4.59. The Morgan fingerprint density at radius 3 is 2.54 bits per heavy atom. The maximum atomic E-state index is 12.3. The normalized spacial score (nSPS) is 10.6. The summed E-state index contributed by atoms with van der Waals surface area (Å²) in [4.78, 5) is 12.3. The van der Waals surface area contributed by atoms with Gasteiger partial charge in [-0.15, -0.1) is 0 Å². The smallest absolute Gasteiger partial charge is 0.257 e. The summed E-state index contributed by atoms with van der Waals surface area (Å²) in [6.07, 6.45) is 0. The molecule has 1 aromatic heterocycles. The van der Waals surface area contributed by atoms with Gasteiger partial charge in [0.2, 0.25) is 0 Å². The zero-order valence-corrected chi connectivity index (χ0v) is 16.9. The Morgan fingerprint density at radius 2 is 1.89 bits per heavy atom. The van der Waals surface area contributed by atoms with Crippen LogP contribution >= 0.6 is 23.8 Å². The van der Waals surface area contributed by atoms with Crippen molar-refractivity contribution in [2.24, 2.45) is 0 Å². The van der Waals surface area contributed by atoms with Gasteiger partial charge in [0.15, 0.2) is 5.11 Å². The highest BCUT2D eigenvalue weighted by molar-refractivity contribution is 7.80. The zero-order chi connectivity index (χ0) is 20.3. The van der Waals surface area contributed by atoms with Crippen molar-refractivity contribution in [1.82, 2.24) is 5.32 Å². The van der Waals surface area contributed by atoms with Gasteiger partial charge >= 0.3 is 0 Å². The van der Waals surface area contributed by atoms with Crippen molar-refractivity contribution in [2.75, 3.05) is 5.32 Å². The number of carbonyl (C=O) groups excluding carboxylic acids is 1. The minimum Gasteiger partial charge on any atom is -0.459 e. The van der Waals surface area contributed by atoms with Crippen molar-refractivity contribution in [1.29, 1.82) is 0 Å². The lowest BCUT2D eigenvalue weighted by molar-refractivity contribution is 0.0977. The molecule has 0 saturated heterocycles. The highest BCUT2D eigenvalue weighted by Gasteiger charge is 2.12. The van der Waals surface area contributed by atoms with Crippen molar-refractivity contribution in [3.8, 4) is 11.3 Å². The van der Waals surface area contributed by atoms with E-state index >= 15 is 0 Å². The third-order valence-electron chi connectivity index (χ3n) is 4.31. The predicted octanol–water partition coefficient (Wildman–Crippen LogP) is 4.84. The predicted molar refractivity (Wildman–Crippen MR) is 115 cm³/mol. The molecule has 0 radical (unpaired) electrons. The van der Waals surface area contributed by atoms with Gasteiger partial charge in [0.05, 0.1) is 5.02 Å². The van der Waals surface area contributed by atoms with Gasteiger partial charge in [-0.05, 0) is 79.7 Å². The first-order chi connectivity index (χ1) is 13.4. The topological polar surface area (TPSA) is 74.5 Å². The highest BCUT2D eigenvalue weighted by Crippen LogP contribution is 2.31. The summed E-state index contributed by atoms with van der Waals surface area (Å²) in [7, 11) is 0. The van der Waals surface area contributed by atoms with Gasteiger partial charge in [0, 0.05) is 16.8 Å². The summed E-state index contributed by atoms with van der Waals surface area (Å²) in [6.45, 7) is 3.77. The number of thiocarbonyl (C=S) groups is 1. The lowest BCUT2D eigenvalue weighted by Gasteiger charge is -2.11. The first kappa shape index (κ1) is 20.1. The summed E-state index contributed by atoms with van der Waals surface area (Å²) in [5.41, 5.74) is 4.02. The average molecular weight is 415 g/mol. The molecular formula is C21H19ClN2O3S. The van der Waals surface area contributed by atoms with Gasteiger partial charge in [-0.3, -0.25) is 10.1 Å². The second-order valence-corrected chi connectivity index (χ2v) is 7.14. The first-order valence-electron chi connectivity index (χ1n) is 8.56. The van der Waals surface area contributed by atoms with Crippen LogP contribution in [0.3, 0.4) is 0 Å². The van der Waals surface area contributed by atoms with Gasteiger partial charge in [0.1, 0.15) is 18.1 Å². The molecule has 0 unspecified atom stereocenters. The van der Waals surface area contributed by atoms with E-state index in [4.69, 9.17) is 33.3 Å². The van der Waals surface area contributed by atoms with Gasteiger partial charge in [-0.25, -0.2) is 0 Å². The third-order valence-corrected chi connectivity index (χ3v) is 4.82. The summed E-state index contributed by atoms with van der Waals surface area (Å²) in [5, 5.41) is 15.3. The quantitative estimate of drug-likeness (QED) is 0.533. The molecule has 28 heavy (non-hydrogen) atoms. The van der Waals surface area contributed by atoms with Gasteiger partial charge in [0.25, 0.3) is 5.91 Å². The molecular weight excluding hydrogens is 396 g/mol. The van der Waals surface area contributed by atoms with E-state index in [2.05, 4.69) is 10.6 Å². The van der Waals surface area contributed by atoms with Gasteiger partial charge < -0.3 is 14.8 Å². The second kappa shape index (κ2) is 8.56. The fourth-order valence-electron chi connectivity index (χ4n) is 2.62. The van der Waals surface area contributed by atoms with E-state index in [0.29, 0.717) is 33.4 Å². The number of aryl methyl sites for hydroxylation is 2. The Labute approximate surface area is 173 Å². The minimum atomic E-state index is -0.282. The summed E-state index contributed by atoms with van der Waals surface area (Å²) < 4.78 is 5.50. The van der Waals surface area contributed by atoms with E-state index in [-0.39, 0.29) is 17.6 Å². The van der Waals surface area contributed by atoms with E-state index in [1.54, 1.807) is 36.4 Å². The number of halogens is 1. The number of amides is 1. The molecule has 0 bridgehead atoms. The largest absolute Gasteiger partial charge is 0.459 e. The molecule has 3 N–H and O–H groups in total. The van der Waals surface area contributed by atoms with Crippen molar-refractivity contribution >= 4 is 40.5 Å². The van der Waals surface area contributed by atoms with E-state index < -0.39 is 0 Å². The average Bonchev–Trinajstić information content (AvgIpc) is 3.12. The van der Waals surface area contributed by atoms with E-state index in [0.717, 1.165) is 11.1 Å². The first-order valence-corrected chi connectivity index (χ1v) is 9.35. The van der Waals surface area contributed by atoms with Crippen LogP contribution in [0.1, 0.15) is 27.2 Å². The number of hydrogen-bond donors (Lipinski definition) is 3. The number of furan rings is 1. The van der Waals surface area contributed by atoms with Crippen LogP contribution < -0.4 is 10.6 Å². The molecule has 3 aromatic rings. The van der Waals surface area contributed by atoms with Crippen molar-refractivity contribution < 1.29 is 14.3 Å². The molecule has 0 aliphatic rings. The molecule has 1 heterocycles. The van der Waals surface area contributed by atoms with E-state index in [1.807, 2.05) is 26.0 Å². The van der Waals surface area contributed by atoms with Crippen LogP contribution in [-0.4, -0.2) is 16.1 Å². The maximum absolute atomic E-state index is 12.3. The van der Waals surface area contributed by atoms with Crippen molar-refractivity contribution in [2.45, 2.75) is 20.5 Å². The minimum absolute atomic E-state index is 0.174. The van der Waals surface area contributed by atoms with Crippen LogP contribution in [0.2, 0.25) is 5.02 Å². The van der Waals surface area contributed by atoms with Gasteiger partial charge in [-0.1, -0.05) is 17.7 Å². The number of aliphatic hydroxyl groups is 1. The Kier molecular flexibility index (Phi) is 6.14. The second-order valence-electron chi connectivity index (χ2n) is 6.33. The van der Waals surface area contributed by atoms with Crippen molar-refractivity contribution in [3.63, 3.8) is 0 Å². The molecule has 0 fully saturated rings. The fourth-order valence-corrected chi connectivity index (χ4v) is 3.10. The van der Waals surface area contributed by atoms with Crippen molar-refractivity contribution in [3.05, 3.63) is 76.0 Å². The molecule has 0 saturated carbocycles. The van der Waals surface area contributed by atoms with Crippen LogP contribution in [0.25, 0.3) is 11.3 Å². The molecule has 144 valence electrons. The number of hydrogen-bond acceptors (Lipinski definition) is 4. The molecule has 0 aliphatic carbocycles. The number of rotatable bonds is 4. The zero-order valence-electron chi connectivity index (χ0n) is 15.4.